The van der Waals surface area contributed by atoms with Crippen molar-refractivity contribution >= 4 is 29.2 Å². The highest BCUT2D eigenvalue weighted by molar-refractivity contribution is 5.96. The number of nitro benzene ring substituents is 1. The van der Waals surface area contributed by atoms with Crippen molar-refractivity contribution in [2.75, 3.05) is 11.9 Å². The summed E-state index contributed by atoms with van der Waals surface area (Å²) in [6.45, 7) is 1.10. The third-order valence-electron chi connectivity index (χ3n) is 4.31. The maximum absolute atomic E-state index is 13.2. The van der Waals surface area contributed by atoms with Crippen molar-refractivity contribution in [2.45, 2.75) is 32.0 Å². The van der Waals surface area contributed by atoms with Crippen molar-refractivity contribution in [2.24, 2.45) is 0 Å². The van der Waals surface area contributed by atoms with Crippen LogP contribution in [0.15, 0.2) is 48.5 Å². The molecule has 0 heterocycles. The van der Waals surface area contributed by atoms with Gasteiger partial charge in [-0.2, -0.15) is 13.2 Å². The van der Waals surface area contributed by atoms with Crippen LogP contribution >= 0.6 is 0 Å². The molecular formula is C21H20F3N3O6. The molecule has 2 rings (SSSR count). The smallest absolute Gasteiger partial charge is 0.418 e. The molecule has 1 atom stereocenters. The minimum Gasteiger partial charge on any atom is -0.452 e. The van der Waals surface area contributed by atoms with Gasteiger partial charge in [0.25, 0.3) is 11.6 Å². The molecule has 0 spiro atoms. The highest BCUT2D eigenvalue weighted by Crippen LogP contribution is 2.37. The summed E-state index contributed by atoms with van der Waals surface area (Å²) in [6, 6.07) is 10.7. The van der Waals surface area contributed by atoms with Crippen molar-refractivity contribution in [1.29, 1.82) is 0 Å². The normalized spacial score (nSPS) is 11.9. The van der Waals surface area contributed by atoms with Gasteiger partial charge in [-0.15, -0.1) is 0 Å². The molecule has 0 aliphatic carbocycles. The van der Waals surface area contributed by atoms with E-state index in [1.165, 1.54) is 0 Å². The number of carbonyl (C=O) groups is 3. The monoisotopic (exact) mass is 467 g/mol. The van der Waals surface area contributed by atoms with Crippen molar-refractivity contribution in [3.63, 3.8) is 0 Å². The summed E-state index contributed by atoms with van der Waals surface area (Å²) in [5.41, 5.74) is -2.14. The van der Waals surface area contributed by atoms with Gasteiger partial charge in [0.1, 0.15) is 0 Å². The zero-order valence-corrected chi connectivity index (χ0v) is 17.3. The second-order valence-electron chi connectivity index (χ2n) is 6.87. The zero-order chi connectivity index (χ0) is 24.6. The lowest BCUT2D eigenvalue weighted by molar-refractivity contribution is -0.385. The molecule has 9 nitrogen and oxygen atoms in total. The van der Waals surface area contributed by atoms with Gasteiger partial charge in [0, 0.05) is 18.7 Å². The molecule has 0 saturated heterocycles. The maximum atomic E-state index is 13.2. The van der Waals surface area contributed by atoms with E-state index in [2.05, 4.69) is 5.32 Å². The number of non-ortho nitro benzene ring substituents is 1. The van der Waals surface area contributed by atoms with E-state index in [0.29, 0.717) is 6.07 Å². The second kappa shape index (κ2) is 11.1. The summed E-state index contributed by atoms with van der Waals surface area (Å²) >= 11 is 0. The molecule has 0 fully saturated rings. The summed E-state index contributed by atoms with van der Waals surface area (Å²) in [4.78, 5) is 45.6. The maximum Gasteiger partial charge on any atom is 0.418 e. The van der Waals surface area contributed by atoms with Gasteiger partial charge >= 0.3 is 12.1 Å². The van der Waals surface area contributed by atoms with Crippen LogP contribution in [0.25, 0.3) is 0 Å². The Morgan fingerprint density at radius 1 is 1.12 bits per heavy atom. The SMILES string of the molecule is CC(OC(=O)CCNC(=O)Cc1ccccc1)C(=O)Nc1ccc([N+](=O)[O-])cc1C(F)(F)F. The minimum absolute atomic E-state index is 0.0561. The van der Waals surface area contributed by atoms with Gasteiger partial charge in [0.05, 0.1) is 29.0 Å². The summed E-state index contributed by atoms with van der Waals surface area (Å²) < 4.78 is 44.5. The van der Waals surface area contributed by atoms with E-state index in [1.54, 1.807) is 30.3 Å². The number of carbonyl (C=O) groups excluding carboxylic acids is 3. The summed E-state index contributed by atoms with van der Waals surface area (Å²) in [5, 5.41) is 15.2. The number of nitro groups is 1. The molecule has 0 radical (unpaired) electrons. The fraction of sp³-hybridized carbons (Fsp3) is 0.286. The van der Waals surface area contributed by atoms with E-state index < -0.39 is 46.0 Å². The lowest BCUT2D eigenvalue weighted by atomic mass is 10.1. The summed E-state index contributed by atoms with van der Waals surface area (Å²) in [7, 11) is 0. The van der Waals surface area contributed by atoms with Crippen LogP contribution in [0.4, 0.5) is 24.5 Å². The van der Waals surface area contributed by atoms with Gasteiger partial charge < -0.3 is 15.4 Å². The average molecular weight is 467 g/mol. The number of amides is 2. The van der Waals surface area contributed by atoms with Gasteiger partial charge in [0.15, 0.2) is 6.10 Å². The van der Waals surface area contributed by atoms with Gasteiger partial charge in [-0.25, -0.2) is 0 Å². The number of alkyl halides is 3. The van der Waals surface area contributed by atoms with E-state index in [-0.39, 0.29) is 25.3 Å². The highest BCUT2D eigenvalue weighted by atomic mass is 19.4. The first-order valence-electron chi connectivity index (χ1n) is 9.64. The lowest BCUT2D eigenvalue weighted by Gasteiger charge is -2.17. The number of halogens is 3. The Hall–Kier alpha value is -3.96. The van der Waals surface area contributed by atoms with Crippen LogP contribution in [0.1, 0.15) is 24.5 Å². The number of nitrogens with zero attached hydrogens (tertiary/aromatic N) is 1. The molecule has 0 aliphatic rings. The van der Waals surface area contributed by atoms with E-state index in [1.807, 2.05) is 5.32 Å². The van der Waals surface area contributed by atoms with Crippen LogP contribution in [0.3, 0.4) is 0 Å². The molecule has 0 saturated carbocycles. The Labute approximate surface area is 186 Å². The third-order valence-corrected chi connectivity index (χ3v) is 4.31. The van der Waals surface area contributed by atoms with Crippen LogP contribution in [0, 0.1) is 10.1 Å². The molecule has 2 N–H and O–H groups in total. The van der Waals surface area contributed by atoms with Crippen LogP contribution in [-0.2, 0) is 31.7 Å². The van der Waals surface area contributed by atoms with E-state index in [9.17, 15) is 37.7 Å². The van der Waals surface area contributed by atoms with Crippen molar-refractivity contribution in [1.82, 2.24) is 5.32 Å². The first-order valence-corrected chi connectivity index (χ1v) is 9.64. The van der Waals surface area contributed by atoms with Crippen LogP contribution in [-0.4, -0.2) is 35.4 Å². The van der Waals surface area contributed by atoms with Crippen molar-refractivity contribution in [3.8, 4) is 0 Å². The molecular weight excluding hydrogens is 447 g/mol. The number of nitrogens with one attached hydrogen (secondary N) is 2. The highest BCUT2D eigenvalue weighted by Gasteiger charge is 2.36. The Morgan fingerprint density at radius 3 is 2.39 bits per heavy atom. The molecule has 0 aliphatic heterocycles. The second-order valence-corrected chi connectivity index (χ2v) is 6.87. The molecule has 2 amide bonds. The standard InChI is InChI=1S/C21H20F3N3O6/c1-13(33-19(29)9-10-25-18(28)11-14-5-3-2-4-6-14)20(30)26-17-8-7-15(27(31)32)12-16(17)21(22,23)24/h2-8,12-13H,9-11H2,1H3,(H,25,28)(H,26,30). The summed E-state index contributed by atoms with van der Waals surface area (Å²) in [5.74, 6) is -2.23. The van der Waals surface area contributed by atoms with Crippen LogP contribution in [0.2, 0.25) is 0 Å². The van der Waals surface area contributed by atoms with Crippen LogP contribution in [0.5, 0.6) is 0 Å². The molecule has 2 aromatic rings. The van der Waals surface area contributed by atoms with Crippen LogP contribution < -0.4 is 10.6 Å². The number of hydrogen-bond donors (Lipinski definition) is 2. The number of anilines is 1. The number of esters is 1. The number of benzene rings is 2. The molecule has 0 bridgehead atoms. The first kappa shape index (κ1) is 25.3. The molecule has 0 aromatic heterocycles. The Bertz CT molecular complexity index is 1030. The third kappa shape index (κ3) is 7.91. The Balaban J connectivity index is 1.87. The predicted octanol–water partition coefficient (Wildman–Crippen LogP) is 3.23. The fourth-order valence-corrected chi connectivity index (χ4v) is 2.68. The fourth-order valence-electron chi connectivity index (χ4n) is 2.68. The Morgan fingerprint density at radius 2 is 1.79 bits per heavy atom. The number of ether oxygens (including phenoxy) is 1. The minimum atomic E-state index is -4.97. The molecule has 2 aromatic carbocycles. The molecule has 33 heavy (non-hydrogen) atoms. The Kier molecular flexibility index (Phi) is 8.49. The van der Waals surface area contributed by atoms with Gasteiger partial charge in [-0.3, -0.25) is 24.5 Å². The van der Waals surface area contributed by atoms with E-state index >= 15 is 0 Å². The molecule has 1 unspecified atom stereocenters. The summed E-state index contributed by atoms with van der Waals surface area (Å²) in [6.07, 6.45) is -6.56. The largest absolute Gasteiger partial charge is 0.452 e. The van der Waals surface area contributed by atoms with E-state index in [4.69, 9.17) is 4.74 Å². The van der Waals surface area contributed by atoms with Gasteiger partial charge in [-0.05, 0) is 18.6 Å². The van der Waals surface area contributed by atoms with Crippen molar-refractivity contribution in [3.05, 3.63) is 69.8 Å². The van der Waals surface area contributed by atoms with Gasteiger partial charge in [-0.1, -0.05) is 30.3 Å². The average Bonchev–Trinajstić information content (AvgIpc) is 2.73. The number of hydrogen-bond acceptors (Lipinski definition) is 6. The molecule has 12 heteroatoms. The first-order chi connectivity index (χ1) is 15.5. The topological polar surface area (TPSA) is 128 Å². The number of rotatable bonds is 9. The molecule has 176 valence electrons. The predicted molar refractivity (Wildman–Crippen MR) is 110 cm³/mol. The zero-order valence-electron chi connectivity index (χ0n) is 17.3. The van der Waals surface area contributed by atoms with Crippen molar-refractivity contribution < 1.29 is 37.2 Å². The quantitative estimate of drug-likeness (QED) is 0.331. The van der Waals surface area contributed by atoms with Gasteiger partial charge in [0.2, 0.25) is 5.91 Å². The van der Waals surface area contributed by atoms with E-state index in [0.717, 1.165) is 24.6 Å². The lowest BCUT2D eigenvalue weighted by Crippen LogP contribution is -2.32.